The van der Waals surface area contributed by atoms with Crippen LogP contribution >= 0.6 is 0 Å². The minimum atomic E-state index is -0.393. The van der Waals surface area contributed by atoms with Gasteiger partial charge < -0.3 is 34.0 Å². The number of amides is 1. The number of hydrogen-bond donors (Lipinski definition) is 1. The van der Waals surface area contributed by atoms with Crippen molar-refractivity contribution in [3.05, 3.63) is 66.0 Å². The largest absolute Gasteiger partial charge is 1.00 e. The fraction of sp³-hybridized carbons (Fsp3) is 0.188. The Morgan fingerprint density at radius 1 is 1.09 bits per heavy atom. The third-order valence-corrected chi connectivity index (χ3v) is 2.83. The molecular formula is C16H17IN2O3. The van der Waals surface area contributed by atoms with Gasteiger partial charge in [0, 0.05) is 6.07 Å². The molecule has 116 valence electrons. The molecule has 0 spiro atoms. The van der Waals surface area contributed by atoms with Crippen LogP contribution in [0.4, 0.5) is 0 Å². The minimum Gasteiger partial charge on any atom is -1.00 e. The van der Waals surface area contributed by atoms with Crippen LogP contribution in [-0.2, 0) is 11.8 Å². The van der Waals surface area contributed by atoms with Gasteiger partial charge in [0.25, 0.3) is 5.91 Å². The van der Waals surface area contributed by atoms with Gasteiger partial charge in [0.1, 0.15) is 19.2 Å². The van der Waals surface area contributed by atoms with Crippen LogP contribution in [0.2, 0.25) is 0 Å². The molecule has 0 aliphatic rings. The first kappa shape index (κ1) is 18.1. The van der Waals surface area contributed by atoms with Crippen molar-refractivity contribution >= 4 is 11.9 Å². The monoisotopic (exact) mass is 412 g/mol. The summed E-state index contributed by atoms with van der Waals surface area (Å²) < 4.78 is 6.88. The fourth-order valence-corrected chi connectivity index (χ4v) is 1.79. The van der Waals surface area contributed by atoms with E-state index in [9.17, 15) is 9.59 Å². The average Bonchev–Trinajstić information content (AvgIpc) is 2.52. The second-order valence-electron chi connectivity index (χ2n) is 4.52. The second-order valence-corrected chi connectivity index (χ2v) is 4.52. The lowest BCUT2D eigenvalue weighted by molar-refractivity contribution is -0.671. The molecule has 5 nitrogen and oxygen atoms in total. The Bertz CT molecular complexity index is 632. The van der Waals surface area contributed by atoms with Gasteiger partial charge in [-0.1, -0.05) is 18.2 Å². The van der Waals surface area contributed by atoms with E-state index in [4.69, 9.17) is 4.74 Å². The van der Waals surface area contributed by atoms with Crippen molar-refractivity contribution in [1.29, 1.82) is 0 Å². The molecule has 1 amide bonds. The van der Waals surface area contributed by atoms with Crippen molar-refractivity contribution in [3.8, 4) is 0 Å². The lowest BCUT2D eigenvalue weighted by Gasteiger charge is -2.06. The van der Waals surface area contributed by atoms with E-state index in [1.165, 1.54) is 0 Å². The van der Waals surface area contributed by atoms with Gasteiger partial charge in [-0.15, -0.1) is 0 Å². The van der Waals surface area contributed by atoms with Gasteiger partial charge in [-0.2, -0.15) is 0 Å². The summed E-state index contributed by atoms with van der Waals surface area (Å²) in [6, 6.07) is 12.3. The second kappa shape index (κ2) is 9.14. The number of pyridine rings is 1. The number of esters is 1. The molecule has 0 radical (unpaired) electrons. The lowest BCUT2D eigenvalue weighted by atomic mass is 10.2. The molecule has 1 N–H and O–H groups in total. The van der Waals surface area contributed by atoms with Crippen LogP contribution in [0.15, 0.2) is 54.9 Å². The first-order valence-corrected chi connectivity index (χ1v) is 6.62. The molecule has 22 heavy (non-hydrogen) atoms. The number of halogens is 1. The first-order chi connectivity index (χ1) is 10.2. The van der Waals surface area contributed by atoms with E-state index in [0.29, 0.717) is 11.1 Å². The highest BCUT2D eigenvalue weighted by Crippen LogP contribution is 2.00. The minimum absolute atomic E-state index is 0. The Kier molecular flexibility index (Phi) is 7.51. The maximum absolute atomic E-state index is 11.8. The van der Waals surface area contributed by atoms with Crippen molar-refractivity contribution in [2.75, 3.05) is 13.2 Å². The molecule has 6 heteroatoms. The van der Waals surface area contributed by atoms with Crippen LogP contribution in [0.5, 0.6) is 0 Å². The topological polar surface area (TPSA) is 59.3 Å². The van der Waals surface area contributed by atoms with E-state index in [1.807, 2.05) is 19.3 Å². The number of ether oxygens (including phenoxy) is 1. The van der Waals surface area contributed by atoms with E-state index in [0.717, 1.165) is 0 Å². The molecular weight excluding hydrogens is 395 g/mol. The zero-order valence-corrected chi connectivity index (χ0v) is 14.3. The molecule has 1 heterocycles. The van der Waals surface area contributed by atoms with E-state index >= 15 is 0 Å². The highest BCUT2D eigenvalue weighted by atomic mass is 127. The standard InChI is InChI=1S/C16H16N2O3.HI/c1-18-10-5-8-14(12-18)15(19)17-9-11-21-16(20)13-6-3-2-4-7-13;/h2-8,10,12H,9,11H2,1H3;1H. The first-order valence-electron chi connectivity index (χ1n) is 6.62. The van der Waals surface area contributed by atoms with Crippen LogP contribution in [0, 0.1) is 0 Å². The number of hydrogen-bond acceptors (Lipinski definition) is 3. The Labute approximate surface area is 146 Å². The SMILES string of the molecule is C[n+]1cccc(C(=O)NCCOC(=O)c2ccccc2)c1.[I-]. The fourth-order valence-electron chi connectivity index (χ4n) is 1.79. The highest BCUT2D eigenvalue weighted by Gasteiger charge is 2.09. The molecule has 0 atom stereocenters. The number of aromatic nitrogens is 1. The highest BCUT2D eigenvalue weighted by molar-refractivity contribution is 5.93. The Balaban J connectivity index is 0.00000242. The molecule has 0 aliphatic carbocycles. The van der Waals surface area contributed by atoms with Gasteiger partial charge in [-0.25, -0.2) is 9.36 Å². The molecule has 0 saturated carbocycles. The lowest BCUT2D eigenvalue weighted by Crippen LogP contribution is -3.00. The number of benzene rings is 1. The van der Waals surface area contributed by atoms with Crippen molar-refractivity contribution < 1.29 is 42.9 Å². The quantitative estimate of drug-likeness (QED) is 0.270. The van der Waals surface area contributed by atoms with E-state index in [1.54, 1.807) is 47.2 Å². The Morgan fingerprint density at radius 2 is 1.77 bits per heavy atom. The average molecular weight is 412 g/mol. The molecule has 0 fully saturated rings. The van der Waals surface area contributed by atoms with Crippen molar-refractivity contribution in [2.45, 2.75) is 0 Å². The molecule has 0 aliphatic heterocycles. The summed E-state index contributed by atoms with van der Waals surface area (Å²) in [5, 5.41) is 2.70. The molecule has 2 rings (SSSR count). The van der Waals surface area contributed by atoms with Crippen LogP contribution in [0.3, 0.4) is 0 Å². The molecule has 1 aromatic heterocycles. The number of aryl methyl sites for hydroxylation is 1. The van der Waals surface area contributed by atoms with E-state index in [-0.39, 0.29) is 43.0 Å². The number of carbonyl (C=O) groups is 2. The van der Waals surface area contributed by atoms with Crippen LogP contribution < -0.4 is 33.9 Å². The van der Waals surface area contributed by atoms with Gasteiger partial charge in [0.05, 0.1) is 12.1 Å². The summed E-state index contributed by atoms with van der Waals surface area (Å²) >= 11 is 0. The maximum atomic E-state index is 11.8. The van der Waals surface area contributed by atoms with Crippen molar-refractivity contribution in [1.82, 2.24) is 5.32 Å². The van der Waals surface area contributed by atoms with Gasteiger partial charge in [-0.05, 0) is 18.2 Å². The van der Waals surface area contributed by atoms with Crippen molar-refractivity contribution in [2.24, 2.45) is 7.05 Å². The number of carbonyl (C=O) groups excluding carboxylic acids is 2. The zero-order valence-electron chi connectivity index (χ0n) is 12.2. The van der Waals surface area contributed by atoms with Crippen LogP contribution in [-0.4, -0.2) is 25.0 Å². The third kappa shape index (κ3) is 5.44. The van der Waals surface area contributed by atoms with Gasteiger partial charge in [-0.3, -0.25) is 4.79 Å². The molecule has 0 unspecified atom stereocenters. The van der Waals surface area contributed by atoms with E-state index in [2.05, 4.69) is 5.32 Å². The normalized spacial score (nSPS) is 9.50. The Morgan fingerprint density at radius 3 is 2.45 bits per heavy atom. The summed E-state index contributed by atoms with van der Waals surface area (Å²) in [6.07, 6.45) is 3.57. The summed E-state index contributed by atoms with van der Waals surface area (Å²) in [5.74, 6) is -0.585. The summed E-state index contributed by atoms with van der Waals surface area (Å²) in [6.45, 7) is 0.411. The van der Waals surface area contributed by atoms with Gasteiger partial charge in [0.2, 0.25) is 0 Å². The maximum Gasteiger partial charge on any atom is 0.338 e. The van der Waals surface area contributed by atoms with Crippen LogP contribution in [0.1, 0.15) is 20.7 Å². The predicted octanol–water partition coefficient (Wildman–Crippen LogP) is -1.90. The number of nitrogens with one attached hydrogen (secondary N) is 1. The third-order valence-electron chi connectivity index (χ3n) is 2.83. The molecule has 2 aromatic rings. The number of nitrogens with zero attached hydrogens (tertiary/aromatic N) is 1. The summed E-state index contributed by atoms with van der Waals surface area (Å²) in [4.78, 5) is 23.5. The smallest absolute Gasteiger partial charge is 0.338 e. The van der Waals surface area contributed by atoms with Crippen LogP contribution in [0.25, 0.3) is 0 Å². The van der Waals surface area contributed by atoms with Crippen molar-refractivity contribution in [3.63, 3.8) is 0 Å². The summed E-state index contributed by atoms with van der Waals surface area (Å²) in [5.41, 5.74) is 1.06. The zero-order chi connectivity index (χ0) is 15.1. The summed E-state index contributed by atoms with van der Waals surface area (Å²) in [7, 11) is 1.85. The van der Waals surface area contributed by atoms with Gasteiger partial charge in [0.15, 0.2) is 12.4 Å². The molecule has 0 bridgehead atoms. The van der Waals surface area contributed by atoms with E-state index < -0.39 is 5.97 Å². The Hall–Kier alpha value is -1.96. The predicted molar refractivity (Wildman–Crippen MR) is 76.7 cm³/mol. The molecule has 1 aromatic carbocycles. The number of rotatable bonds is 5. The van der Waals surface area contributed by atoms with Gasteiger partial charge >= 0.3 is 5.97 Å². The molecule has 0 saturated heterocycles.